The van der Waals surface area contributed by atoms with Gasteiger partial charge in [-0.15, -0.1) is 11.8 Å². The minimum Gasteiger partial charge on any atom is -0.494 e. The quantitative estimate of drug-likeness (QED) is 0.574. The number of amides is 1. The largest absolute Gasteiger partial charge is 0.494 e. The molecule has 1 heterocycles. The number of thioether (sulfide) groups is 1. The molecule has 1 aliphatic carbocycles. The van der Waals surface area contributed by atoms with Gasteiger partial charge in [0.25, 0.3) is 0 Å². The number of benzene rings is 2. The predicted octanol–water partition coefficient (Wildman–Crippen LogP) is 5.92. The van der Waals surface area contributed by atoms with Crippen LogP contribution in [0.2, 0.25) is 5.02 Å². The lowest BCUT2D eigenvalue weighted by Crippen LogP contribution is -2.38. The molecule has 6 heteroatoms. The van der Waals surface area contributed by atoms with Crippen molar-refractivity contribution >= 4 is 29.3 Å². The van der Waals surface area contributed by atoms with Gasteiger partial charge in [0, 0.05) is 28.8 Å². The summed E-state index contributed by atoms with van der Waals surface area (Å²) in [4.78, 5) is 12.5. The summed E-state index contributed by atoms with van der Waals surface area (Å²) in [7, 11) is 0. The Labute approximate surface area is 187 Å². The second kappa shape index (κ2) is 9.52. The molecule has 1 spiro atoms. The van der Waals surface area contributed by atoms with Crippen molar-refractivity contribution < 1.29 is 14.3 Å². The topological polar surface area (TPSA) is 47.6 Å². The van der Waals surface area contributed by atoms with Gasteiger partial charge in [0.1, 0.15) is 17.1 Å². The van der Waals surface area contributed by atoms with E-state index >= 15 is 0 Å². The second-order valence-corrected chi connectivity index (χ2v) is 9.66. The van der Waals surface area contributed by atoms with Crippen LogP contribution in [0.4, 0.5) is 0 Å². The average Bonchev–Trinajstić information content (AvgIpc) is 3.19. The fourth-order valence-electron chi connectivity index (χ4n) is 4.35. The first-order chi connectivity index (χ1) is 14.6. The van der Waals surface area contributed by atoms with Gasteiger partial charge in [-0.1, -0.05) is 23.7 Å². The minimum absolute atomic E-state index is 0.0458. The predicted molar refractivity (Wildman–Crippen MR) is 123 cm³/mol. The molecule has 0 radical (unpaired) electrons. The third-order valence-electron chi connectivity index (χ3n) is 5.86. The number of carbonyl (C=O) groups is 1. The number of fused-ring (bicyclic) bond motifs is 1. The monoisotopic (exact) mass is 445 g/mol. The summed E-state index contributed by atoms with van der Waals surface area (Å²) in [5.74, 6) is 2.28. The van der Waals surface area contributed by atoms with Gasteiger partial charge in [0.05, 0.1) is 12.4 Å². The summed E-state index contributed by atoms with van der Waals surface area (Å²) < 4.78 is 12.2. The zero-order chi connectivity index (χ0) is 21.0. The van der Waals surface area contributed by atoms with Crippen LogP contribution in [0.5, 0.6) is 11.5 Å². The van der Waals surface area contributed by atoms with Crippen molar-refractivity contribution in [2.24, 2.45) is 0 Å². The van der Waals surface area contributed by atoms with Crippen molar-refractivity contribution in [3.8, 4) is 11.5 Å². The molecule has 1 fully saturated rings. The highest BCUT2D eigenvalue weighted by molar-refractivity contribution is 8.00. The molecule has 0 saturated heterocycles. The highest BCUT2D eigenvalue weighted by Crippen LogP contribution is 2.52. The summed E-state index contributed by atoms with van der Waals surface area (Å²) in [6.45, 7) is 3.13. The molecule has 1 amide bonds. The van der Waals surface area contributed by atoms with E-state index < -0.39 is 0 Å². The SMILES string of the molecule is CCOc1ccc2c(c1)C(SCC(=O)NCc1ccc(Cl)cc1)CC1(CCCC1)O2. The molecule has 1 aliphatic heterocycles. The number of ether oxygens (including phenoxy) is 2. The van der Waals surface area contributed by atoms with Crippen LogP contribution in [0.15, 0.2) is 42.5 Å². The third-order valence-corrected chi connectivity index (χ3v) is 7.36. The fourth-order valence-corrected chi connectivity index (χ4v) is 5.72. The summed E-state index contributed by atoms with van der Waals surface area (Å²) in [6, 6.07) is 13.7. The van der Waals surface area contributed by atoms with Crippen LogP contribution in [0.1, 0.15) is 55.4 Å². The van der Waals surface area contributed by atoms with Gasteiger partial charge in [0.2, 0.25) is 5.91 Å². The molecule has 2 aliphatic rings. The first kappa shape index (κ1) is 21.4. The van der Waals surface area contributed by atoms with E-state index in [1.807, 2.05) is 43.3 Å². The van der Waals surface area contributed by atoms with Gasteiger partial charge >= 0.3 is 0 Å². The van der Waals surface area contributed by atoms with Crippen LogP contribution in [-0.4, -0.2) is 23.9 Å². The summed E-state index contributed by atoms with van der Waals surface area (Å²) >= 11 is 7.63. The van der Waals surface area contributed by atoms with E-state index in [1.165, 1.54) is 12.8 Å². The Balaban J connectivity index is 1.42. The van der Waals surface area contributed by atoms with E-state index in [4.69, 9.17) is 21.1 Å². The Bertz CT molecular complexity index is 881. The Kier molecular flexibility index (Phi) is 6.79. The minimum atomic E-state index is -0.0718. The Morgan fingerprint density at radius 2 is 2.00 bits per heavy atom. The first-order valence-corrected chi connectivity index (χ1v) is 12.1. The Morgan fingerprint density at radius 3 is 2.73 bits per heavy atom. The fraction of sp³-hybridized carbons (Fsp3) is 0.458. The van der Waals surface area contributed by atoms with E-state index in [2.05, 4.69) is 11.4 Å². The van der Waals surface area contributed by atoms with Crippen LogP contribution in [0, 0.1) is 0 Å². The lowest BCUT2D eigenvalue weighted by molar-refractivity contribution is -0.118. The lowest BCUT2D eigenvalue weighted by atomic mass is 9.89. The van der Waals surface area contributed by atoms with Crippen LogP contribution in [-0.2, 0) is 11.3 Å². The van der Waals surface area contributed by atoms with E-state index in [1.54, 1.807) is 11.8 Å². The molecule has 160 valence electrons. The lowest BCUT2D eigenvalue weighted by Gasteiger charge is -2.40. The Morgan fingerprint density at radius 1 is 1.23 bits per heavy atom. The van der Waals surface area contributed by atoms with Crippen LogP contribution in [0.3, 0.4) is 0 Å². The molecule has 0 aromatic heterocycles. The van der Waals surface area contributed by atoms with Gasteiger partial charge in [-0.05, 0) is 68.5 Å². The molecule has 2 aromatic rings. The molecule has 1 N–H and O–H groups in total. The summed E-state index contributed by atoms with van der Waals surface area (Å²) in [6.07, 6.45) is 5.57. The molecule has 1 saturated carbocycles. The van der Waals surface area contributed by atoms with Crippen molar-refractivity contribution in [1.82, 2.24) is 5.32 Å². The first-order valence-electron chi connectivity index (χ1n) is 10.7. The second-order valence-electron chi connectivity index (χ2n) is 8.03. The average molecular weight is 446 g/mol. The molecular formula is C24H28ClNO3S. The van der Waals surface area contributed by atoms with Crippen molar-refractivity contribution in [2.75, 3.05) is 12.4 Å². The molecule has 30 heavy (non-hydrogen) atoms. The normalized spacial score (nSPS) is 19.2. The molecule has 0 bridgehead atoms. The maximum Gasteiger partial charge on any atom is 0.230 e. The molecular weight excluding hydrogens is 418 g/mol. The molecule has 4 rings (SSSR count). The zero-order valence-corrected chi connectivity index (χ0v) is 18.9. The van der Waals surface area contributed by atoms with Crippen molar-refractivity contribution in [1.29, 1.82) is 0 Å². The maximum atomic E-state index is 12.5. The highest BCUT2D eigenvalue weighted by Gasteiger charge is 2.43. The number of rotatable bonds is 7. The van der Waals surface area contributed by atoms with Gasteiger partial charge in [-0.25, -0.2) is 0 Å². The summed E-state index contributed by atoms with van der Waals surface area (Å²) in [5, 5.41) is 3.95. The van der Waals surface area contributed by atoms with Crippen LogP contribution >= 0.6 is 23.4 Å². The van der Waals surface area contributed by atoms with E-state index in [0.29, 0.717) is 23.9 Å². The number of nitrogens with one attached hydrogen (secondary N) is 1. The zero-order valence-electron chi connectivity index (χ0n) is 17.3. The van der Waals surface area contributed by atoms with E-state index in [-0.39, 0.29) is 16.8 Å². The van der Waals surface area contributed by atoms with Crippen molar-refractivity contribution in [3.63, 3.8) is 0 Å². The number of carbonyl (C=O) groups excluding carboxylic acids is 1. The molecule has 1 unspecified atom stereocenters. The highest BCUT2D eigenvalue weighted by atomic mass is 35.5. The van der Waals surface area contributed by atoms with E-state index in [9.17, 15) is 4.79 Å². The Hall–Kier alpha value is -1.85. The number of hydrogen-bond acceptors (Lipinski definition) is 4. The standard InChI is InChI=1S/C24H28ClNO3S/c1-2-28-19-9-10-21-20(13-19)22(14-24(29-21)11-3-4-12-24)30-16-23(27)26-15-17-5-7-18(25)8-6-17/h5-10,13,22H,2-4,11-12,14-16H2,1H3,(H,26,27). The number of halogens is 1. The van der Waals surface area contributed by atoms with Crippen LogP contribution in [0.25, 0.3) is 0 Å². The molecule has 2 aromatic carbocycles. The van der Waals surface area contributed by atoms with Gasteiger partial charge in [-0.3, -0.25) is 4.79 Å². The molecule has 4 nitrogen and oxygen atoms in total. The number of hydrogen-bond donors (Lipinski definition) is 1. The van der Waals surface area contributed by atoms with E-state index in [0.717, 1.165) is 41.9 Å². The van der Waals surface area contributed by atoms with Gasteiger partial charge in [0.15, 0.2) is 0 Å². The third kappa shape index (κ3) is 5.06. The summed E-state index contributed by atoms with van der Waals surface area (Å²) in [5.41, 5.74) is 2.12. The van der Waals surface area contributed by atoms with Gasteiger partial charge in [-0.2, -0.15) is 0 Å². The van der Waals surface area contributed by atoms with Crippen molar-refractivity contribution in [3.05, 3.63) is 58.6 Å². The maximum absolute atomic E-state index is 12.5. The van der Waals surface area contributed by atoms with Crippen LogP contribution < -0.4 is 14.8 Å². The smallest absolute Gasteiger partial charge is 0.230 e. The van der Waals surface area contributed by atoms with Crippen molar-refractivity contribution in [2.45, 2.75) is 56.4 Å². The molecule has 1 atom stereocenters. The van der Waals surface area contributed by atoms with Gasteiger partial charge < -0.3 is 14.8 Å².